The van der Waals surface area contributed by atoms with E-state index in [2.05, 4.69) is 0 Å². The van der Waals surface area contributed by atoms with Gasteiger partial charge >= 0.3 is 0 Å². The summed E-state index contributed by atoms with van der Waals surface area (Å²) in [5.41, 5.74) is 0.849. The van der Waals surface area contributed by atoms with Crippen molar-refractivity contribution >= 4 is 5.78 Å². The molecule has 2 rings (SSSR count). The van der Waals surface area contributed by atoms with Crippen LogP contribution in [0.25, 0.3) is 0 Å². The minimum atomic E-state index is 0. The van der Waals surface area contributed by atoms with Gasteiger partial charge in [-0.1, -0.05) is 49.5 Å². The van der Waals surface area contributed by atoms with Crippen molar-refractivity contribution in [1.82, 2.24) is 0 Å². The molecule has 0 unspecified atom stereocenters. The van der Waals surface area contributed by atoms with Crippen molar-refractivity contribution < 1.29 is 21.9 Å². The van der Waals surface area contributed by atoms with Gasteiger partial charge in [0, 0.05) is 41.9 Å². The zero-order chi connectivity index (χ0) is 10.9. The van der Waals surface area contributed by atoms with Crippen molar-refractivity contribution in [2.24, 2.45) is 0 Å². The van der Waals surface area contributed by atoms with Crippen LogP contribution in [0.2, 0.25) is 0 Å². The van der Waals surface area contributed by atoms with Crippen LogP contribution in [-0.2, 0) is 21.9 Å². The summed E-state index contributed by atoms with van der Waals surface area (Å²) in [5.74, 6) is 0.257. The molecule has 0 fully saturated rings. The fourth-order valence-electron chi connectivity index (χ4n) is 1.25. The number of hydrogen-bond acceptors (Lipinski definition) is 1. The molecule has 0 aromatic carbocycles. The molecule has 0 aromatic heterocycles. The number of allylic oxidation sites excluding steroid dienone is 8. The Morgan fingerprint density at radius 2 is 1.75 bits per heavy atom. The van der Waals surface area contributed by atoms with Crippen molar-refractivity contribution in [3.05, 3.63) is 60.9 Å². The Balaban J connectivity index is 0.000000318. The number of carbonyl (C=O) groups excluding carboxylic acids is 1. The van der Waals surface area contributed by atoms with Crippen molar-refractivity contribution in [3.8, 4) is 0 Å². The third-order valence-electron chi connectivity index (χ3n) is 2.02. The number of carbonyl (C=O) groups is 1. The summed E-state index contributed by atoms with van der Waals surface area (Å²) < 4.78 is 0. The van der Waals surface area contributed by atoms with E-state index in [9.17, 15) is 4.79 Å². The average molecular weight is 256 g/mol. The fourth-order valence-corrected chi connectivity index (χ4v) is 1.25. The van der Waals surface area contributed by atoms with E-state index in [0.717, 1.165) is 12.0 Å². The monoisotopic (exact) mass is 256 g/mol. The standard InChI is InChI=1S/C9H11O.C5H5.Fe/c1-2-5-9(10)8-6-3-4-7-8;1-2-4-5-3-1;/h3-4,6-7H,2,5H2,1H3;1-5H;. The summed E-state index contributed by atoms with van der Waals surface area (Å²) in [5, 5.41) is 0. The summed E-state index contributed by atoms with van der Waals surface area (Å²) in [7, 11) is 0. The van der Waals surface area contributed by atoms with Gasteiger partial charge in [0.1, 0.15) is 0 Å². The number of Topliss-reactive ketones (excluding diaryl/α,β-unsaturated/α-hetero) is 1. The normalized spacial score (nSPS) is 15.2. The maximum Gasteiger partial charge on any atom is 0.159 e. The van der Waals surface area contributed by atoms with E-state index in [4.69, 9.17) is 0 Å². The van der Waals surface area contributed by atoms with Crippen molar-refractivity contribution in [3.63, 3.8) is 0 Å². The van der Waals surface area contributed by atoms with Gasteiger partial charge in [-0.15, -0.1) is 0 Å². The maximum absolute atomic E-state index is 11.1. The first-order chi connectivity index (χ1) is 7.34. The van der Waals surface area contributed by atoms with Gasteiger partial charge in [-0.3, -0.25) is 4.79 Å². The summed E-state index contributed by atoms with van der Waals surface area (Å²) in [4.78, 5) is 11.1. The largest absolute Gasteiger partial charge is 0.295 e. The van der Waals surface area contributed by atoms with Crippen LogP contribution in [-0.4, -0.2) is 5.78 Å². The van der Waals surface area contributed by atoms with E-state index in [1.54, 1.807) is 0 Å². The zero-order valence-electron chi connectivity index (χ0n) is 9.37. The summed E-state index contributed by atoms with van der Waals surface area (Å²) in [6.45, 7) is 2.01. The minimum absolute atomic E-state index is 0. The second-order valence-corrected chi connectivity index (χ2v) is 3.31. The Bertz CT molecular complexity index is 312. The Morgan fingerprint density at radius 1 is 1.06 bits per heavy atom. The van der Waals surface area contributed by atoms with E-state index < -0.39 is 0 Å². The van der Waals surface area contributed by atoms with Crippen molar-refractivity contribution in [2.45, 2.75) is 19.8 Å². The SMILES string of the molecule is CCCC(=O)C1=CC=C[CH]1.[CH]1C=CC=C1.[Fe]. The van der Waals surface area contributed by atoms with Gasteiger partial charge in [-0.2, -0.15) is 0 Å². The molecule has 0 spiro atoms. The van der Waals surface area contributed by atoms with E-state index in [-0.39, 0.29) is 22.9 Å². The van der Waals surface area contributed by atoms with Crippen molar-refractivity contribution in [1.29, 1.82) is 0 Å². The molecule has 2 aliphatic rings. The molecule has 0 heterocycles. The van der Waals surface area contributed by atoms with Crippen LogP contribution >= 0.6 is 0 Å². The molecule has 2 radical (unpaired) electrons. The van der Waals surface area contributed by atoms with Gasteiger partial charge in [-0.25, -0.2) is 0 Å². The molecule has 0 saturated heterocycles. The van der Waals surface area contributed by atoms with E-state index in [1.807, 2.05) is 62.3 Å². The third-order valence-corrected chi connectivity index (χ3v) is 2.02. The molecule has 0 N–H and O–H groups in total. The van der Waals surface area contributed by atoms with Crippen LogP contribution in [0.5, 0.6) is 0 Å². The Kier molecular flexibility index (Phi) is 8.88. The van der Waals surface area contributed by atoms with Crippen molar-refractivity contribution in [2.75, 3.05) is 0 Å². The Hall–Kier alpha value is -0.851. The minimum Gasteiger partial charge on any atom is -0.295 e. The van der Waals surface area contributed by atoms with Crippen LogP contribution in [0.4, 0.5) is 0 Å². The first kappa shape index (κ1) is 15.1. The van der Waals surface area contributed by atoms with Gasteiger partial charge in [0.2, 0.25) is 0 Å². The van der Waals surface area contributed by atoms with Crippen LogP contribution < -0.4 is 0 Å². The molecule has 16 heavy (non-hydrogen) atoms. The quantitative estimate of drug-likeness (QED) is 0.707. The smallest absolute Gasteiger partial charge is 0.159 e. The first-order valence-corrected chi connectivity index (χ1v) is 5.26. The van der Waals surface area contributed by atoms with E-state index in [1.165, 1.54) is 0 Å². The second kappa shape index (κ2) is 9.38. The van der Waals surface area contributed by atoms with Crippen LogP contribution in [0.15, 0.2) is 48.1 Å². The van der Waals surface area contributed by atoms with Gasteiger partial charge in [0.15, 0.2) is 5.78 Å². The molecule has 0 aliphatic heterocycles. The molecular formula is C14H16FeO. The molecule has 2 heteroatoms. The summed E-state index contributed by atoms with van der Waals surface area (Å²) in [6, 6.07) is 0. The van der Waals surface area contributed by atoms with Gasteiger partial charge < -0.3 is 0 Å². The van der Waals surface area contributed by atoms with Gasteiger partial charge in [0.25, 0.3) is 0 Å². The van der Waals surface area contributed by atoms with E-state index >= 15 is 0 Å². The fraction of sp³-hybridized carbons (Fsp3) is 0.214. The molecule has 1 nitrogen and oxygen atoms in total. The van der Waals surface area contributed by atoms with Crippen LogP contribution in [0, 0.1) is 12.8 Å². The first-order valence-electron chi connectivity index (χ1n) is 5.26. The maximum atomic E-state index is 11.1. The topological polar surface area (TPSA) is 17.1 Å². The third kappa shape index (κ3) is 5.89. The Labute approximate surface area is 108 Å². The zero-order valence-corrected chi connectivity index (χ0v) is 10.5. The molecule has 0 atom stereocenters. The summed E-state index contributed by atoms with van der Waals surface area (Å²) >= 11 is 0. The van der Waals surface area contributed by atoms with E-state index in [0.29, 0.717) is 6.42 Å². The summed E-state index contributed by atoms with van der Waals surface area (Å²) in [6.07, 6.45) is 19.1. The molecule has 0 saturated carbocycles. The van der Waals surface area contributed by atoms with Gasteiger partial charge in [0.05, 0.1) is 0 Å². The van der Waals surface area contributed by atoms with Crippen LogP contribution in [0.3, 0.4) is 0 Å². The number of hydrogen-bond donors (Lipinski definition) is 0. The molecule has 0 amide bonds. The number of rotatable bonds is 3. The number of ketones is 1. The average Bonchev–Trinajstić information content (AvgIpc) is 2.95. The molecule has 0 bridgehead atoms. The molecule has 2 aliphatic carbocycles. The molecule has 0 aromatic rings. The van der Waals surface area contributed by atoms with Crippen LogP contribution in [0.1, 0.15) is 19.8 Å². The molecule has 86 valence electrons. The predicted molar refractivity (Wildman–Crippen MR) is 64.0 cm³/mol. The molecular weight excluding hydrogens is 240 g/mol. The second-order valence-electron chi connectivity index (χ2n) is 3.31. The van der Waals surface area contributed by atoms with Gasteiger partial charge in [-0.05, 0) is 6.42 Å². The Morgan fingerprint density at radius 3 is 2.12 bits per heavy atom. The predicted octanol–water partition coefficient (Wildman–Crippen LogP) is 3.37.